The maximum atomic E-state index is 14.7. The van der Waals surface area contributed by atoms with Crippen LogP contribution in [0, 0.1) is 24.5 Å². The smallest absolute Gasteiger partial charge is 0.168 e. The van der Waals surface area contributed by atoms with Crippen LogP contribution >= 0.6 is 11.6 Å². The van der Waals surface area contributed by atoms with Gasteiger partial charge >= 0.3 is 0 Å². The van der Waals surface area contributed by atoms with Gasteiger partial charge in [-0.15, -0.1) is 0 Å². The lowest BCUT2D eigenvalue weighted by molar-refractivity contribution is 0.114. The van der Waals surface area contributed by atoms with E-state index in [-0.39, 0.29) is 28.6 Å². The SMILES string of the molecule is CC1=CC(Nc2nc(C[C@H]3CCN(Cc4cccc(Cl)c4F)[C@H](C)C3)cc(C)c2F)NN1. The van der Waals surface area contributed by atoms with Crippen molar-refractivity contribution in [2.75, 3.05) is 11.9 Å². The lowest BCUT2D eigenvalue weighted by Gasteiger charge is -2.38. The number of nitrogens with one attached hydrogen (secondary N) is 3. The molecular formula is C24H30ClF2N5. The van der Waals surface area contributed by atoms with Gasteiger partial charge in [0.1, 0.15) is 12.0 Å². The number of hydrazine groups is 1. The first kappa shape index (κ1) is 23.0. The van der Waals surface area contributed by atoms with Crippen molar-refractivity contribution >= 4 is 17.4 Å². The zero-order valence-corrected chi connectivity index (χ0v) is 19.4. The van der Waals surface area contributed by atoms with Gasteiger partial charge in [-0.3, -0.25) is 4.90 Å². The van der Waals surface area contributed by atoms with Gasteiger partial charge in [-0.25, -0.2) is 19.2 Å². The minimum Gasteiger partial charge on any atom is -0.347 e. The van der Waals surface area contributed by atoms with Crippen molar-refractivity contribution < 1.29 is 8.78 Å². The van der Waals surface area contributed by atoms with Crippen molar-refractivity contribution in [3.05, 3.63) is 69.5 Å². The van der Waals surface area contributed by atoms with E-state index in [0.717, 1.165) is 37.2 Å². The number of aryl methyl sites for hydroxylation is 1. The molecule has 1 saturated heterocycles. The number of rotatable bonds is 6. The third kappa shape index (κ3) is 5.22. The predicted octanol–water partition coefficient (Wildman–Crippen LogP) is 4.91. The van der Waals surface area contributed by atoms with Gasteiger partial charge in [0, 0.05) is 29.5 Å². The summed E-state index contributed by atoms with van der Waals surface area (Å²) in [7, 11) is 0. The molecule has 172 valence electrons. The van der Waals surface area contributed by atoms with Crippen molar-refractivity contribution in [2.45, 2.75) is 58.8 Å². The molecule has 1 fully saturated rings. The maximum Gasteiger partial charge on any atom is 0.168 e. The molecule has 2 aliphatic rings. The Kier molecular flexibility index (Phi) is 6.98. The molecule has 4 rings (SSSR count). The molecular weight excluding hydrogens is 432 g/mol. The summed E-state index contributed by atoms with van der Waals surface area (Å²) < 4.78 is 29.0. The summed E-state index contributed by atoms with van der Waals surface area (Å²) in [6.07, 6.45) is 4.51. The Morgan fingerprint density at radius 3 is 2.78 bits per heavy atom. The number of benzene rings is 1. The number of nitrogens with zero attached hydrogens (tertiary/aromatic N) is 2. The molecule has 2 aliphatic heterocycles. The molecule has 0 aliphatic carbocycles. The lowest BCUT2D eigenvalue weighted by Crippen LogP contribution is -2.41. The van der Waals surface area contributed by atoms with Crippen LogP contribution in [-0.2, 0) is 13.0 Å². The molecule has 1 unspecified atom stereocenters. The fourth-order valence-electron chi connectivity index (χ4n) is 4.60. The summed E-state index contributed by atoms with van der Waals surface area (Å²) in [6, 6.07) is 7.33. The van der Waals surface area contributed by atoms with E-state index in [1.54, 1.807) is 25.1 Å². The third-order valence-electron chi connectivity index (χ3n) is 6.35. The van der Waals surface area contributed by atoms with Crippen LogP contribution in [0.3, 0.4) is 0 Å². The van der Waals surface area contributed by atoms with Gasteiger partial charge in [-0.1, -0.05) is 23.7 Å². The number of hydrogen-bond donors (Lipinski definition) is 3. The van der Waals surface area contributed by atoms with E-state index in [9.17, 15) is 8.78 Å². The second kappa shape index (κ2) is 9.73. The molecule has 0 spiro atoms. The Balaban J connectivity index is 1.39. The van der Waals surface area contributed by atoms with Crippen LogP contribution in [-0.4, -0.2) is 28.6 Å². The molecule has 0 amide bonds. The minimum absolute atomic E-state index is 0.168. The fraction of sp³-hybridized carbons (Fsp3) is 0.458. The number of likely N-dealkylation sites (tertiary alicyclic amines) is 1. The van der Waals surface area contributed by atoms with E-state index in [1.165, 1.54) is 0 Å². The van der Waals surface area contributed by atoms with Crippen LogP contribution in [0.1, 0.15) is 43.5 Å². The van der Waals surface area contributed by atoms with E-state index in [2.05, 4.69) is 33.0 Å². The number of halogens is 3. The molecule has 3 N–H and O–H groups in total. The highest BCUT2D eigenvalue weighted by Crippen LogP contribution is 2.29. The Labute approximate surface area is 193 Å². The molecule has 0 saturated carbocycles. The van der Waals surface area contributed by atoms with E-state index in [1.807, 2.05) is 19.1 Å². The zero-order chi connectivity index (χ0) is 22.8. The van der Waals surface area contributed by atoms with Crippen LogP contribution in [0.4, 0.5) is 14.6 Å². The number of anilines is 1. The van der Waals surface area contributed by atoms with Crippen molar-refractivity contribution in [1.82, 2.24) is 20.7 Å². The number of pyridine rings is 1. The first-order valence-electron chi connectivity index (χ1n) is 11.1. The molecule has 32 heavy (non-hydrogen) atoms. The summed E-state index contributed by atoms with van der Waals surface area (Å²) in [5, 5.41) is 3.29. The maximum absolute atomic E-state index is 14.7. The fourth-order valence-corrected chi connectivity index (χ4v) is 4.79. The topological polar surface area (TPSA) is 52.2 Å². The van der Waals surface area contributed by atoms with Gasteiger partial charge in [-0.2, -0.15) is 0 Å². The third-order valence-corrected chi connectivity index (χ3v) is 6.64. The highest BCUT2D eigenvalue weighted by atomic mass is 35.5. The summed E-state index contributed by atoms with van der Waals surface area (Å²) in [4.78, 5) is 6.89. The predicted molar refractivity (Wildman–Crippen MR) is 124 cm³/mol. The molecule has 3 atom stereocenters. The normalized spacial score (nSPS) is 23.7. The van der Waals surface area contributed by atoms with Crippen LogP contribution in [0.25, 0.3) is 0 Å². The van der Waals surface area contributed by atoms with Crippen LogP contribution in [0.5, 0.6) is 0 Å². The Bertz CT molecular complexity index is 1010. The minimum atomic E-state index is -0.327. The van der Waals surface area contributed by atoms with Crippen LogP contribution < -0.4 is 16.2 Å². The molecule has 0 bridgehead atoms. The first-order chi connectivity index (χ1) is 15.3. The second-order valence-electron chi connectivity index (χ2n) is 8.96. The highest BCUT2D eigenvalue weighted by molar-refractivity contribution is 6.30. The largest absolute Gasteiger partial charge is 0.347 e. The molecule has 8 heteroatoms. The van der Waals surface area contributed by atoms with Crippen molar-refractivity contribution in [3.8, 4) is 0 Å². The summed E-state index contributed by atoms with van der Waals surface area (Å²) in [5.41, 5.74) is 9.14. The zero-order valence-electron chi connectivity index (χ0n) is 18.7. The molecule has 5 nitrogen and oxygen atoms in total. The second-order valence-corrected chi connectivity index (χ2v) is 9.37. The van der Waals surface area contributed by atoms with E-state index >= 15 is 0 Å². The number of allylic oxidation sites excluding steroid dienone is 1. The monoisotopic (exact) mass is 461 g/mol. The van der Waals surface area contributed by atoms with Crippen molar-refractivity contribution in [3.63, 3.8) is 0 Å². The summed E-state index contributed by atoms with van der Waals surface area (Å²) in [5.74, 6) is 0.0722. The van der Waals surface area contributed by atoms with Gasteiger partial charge in [0.15, 0.2) is 11.6 Å². The first-order valence-corrected chi connectivity index (χ1v) is 11.5. The standard InChI is InChI=1S/C24H30ClF2N5/c1-14-9-19(28-24(22(14)26)29-21-10-15(2)30-31-21)12-17-7-8-32(16(3)11-17)13-18-5-4-6-20(25)23(18)27/h4-6,9-10,16-17,21,30-31H,7-8,11-13H2,1-3H3,(H,28,29)/t16-,17+,21?/m1/s1. The average Bonchev–Trinajstić information content (AvgIpc) is 3.15. The van der Waals surface area contributed by atoms with Gasteiger partial charge in [0.2, 0.25) is 0 Å². The Hall–Kier alpha value is -2.22. The molecule has 2 aromatic rings. The van der Waals surface area contributed by atoms with E-state index in [4.69, 9.17) is 11.6 Å². The van der Waals surface area contributed by atoms with Gasteiger partial charge < -0.3 is 10.7 Å². The average molecular weight is 462 g/mol. The molecule has 1 aromatic carbocycles. The quantitative estimate of drug-likeness (QED) is 0.570. The van der Waals surface area contributed by atoms with Crippen molar-refractivity contribution in [1.29, 1.82) is 0 Å². The number of aromatic nitrogens is 1. The molecule has 1 aromatic heterocycles. The number of hydrogen-bond acceptors (Lipinski definition) is 5. The van der Waals surface area contributed by atoms with Crippen LogP contribution in [0.2, 0.25) is 5.02 Å². The Morgan fingerprint density at radius 1 is 1.25 bits per heavy atom. The highest BCUT2D eigenvalue weighted by Gasteiger charge is 2.27. The van der Waals surface area contributed by atoms with Crippen LogP contribution in [0.15, 0.2) is 36.0 Å². The van der Waals surface area contributed by atoms with E-state index < -0.39 is 0 Å². The molecule has 0 radical (unpaired) electrons. The molecule has 3 heterocycles. The Morgan fingerprint density at radius 2 is 2.06 bits per heavy atom. The van der Waals surface area contributed by atoms with Gasteiger partial charge in [0.25, 0.3) is 0 Å². The van der Waals surface area contributed by atoms with E-state index in [0.29, 0.717) is 29.6 Å². The van der Waals surface area contributed by atoms with Gasteiger partial charge in [-0.05, 0) is 76.3 Å². The lowest BCUT2D eigenvalue weighted by atomic mass is 9.87. The summed E-state index contributed by atoms with van der Waals surface area (Å²) >= 11 is 5.94. The van der Waals surface area contributed by atoms with Crippen molar-refractivity contribution in [2.24, 2.45) is 5.92 Å². The summed E-state index contributed by atoms with van der Waals surface area (Å²) in [6.45, 7) is 7.33. The van der Waals surface area contributed by atoms with Gasteiger partial charge in [0.05, 0.1) is 5.02 Å². The number of piperidine rings is 1.